The van der Waals surface area contributed by atoms with Gasteiger partial charge in [0.15, 0.2) is 0 Å². The molecule has 6 heteroatoms. The van der Waals surface area contributed by atoms with E-state index in [4.69, 9.17) is 16.3 Å². The van der Waals surface area contributed by atoms with Gasteiger partial charge in [0.1, 0.15) is 11.6 Å². The van der Waals surface area contributed by atoms with E-state index < -0.39 is 11.8 Å². The average Bonchev–Trinajstić information content (AvgIpc) is 2.49. The molecule has 2 N–H and O–H groups in total. The molecule has 0 aliphatic carbocycles. The Hall–Kier alpha value is -2.27. The number of hydrogen-bond acceptors (Lipinski definition) is 2. The van der Waals surface area contributed by atoms with E-state index in [0.29, 0.717) is 12.2 Å². The van der Waals surface area contributed by atoms with E-state index in [1.807, 2.05) is 24.3 Å². The molecule has 0 aliphatic heterocycles. The third kappa shape index (κ3) is 4.36. The van der Waals surface area contributed by atoms with Gasteiger partial charge in [-0.15, -0.1) is 0 Å². The van der Waals surface area contributed by atoms with Crippen LogP contribution in [0.3, 0.4) is 0 Å². The van der Waals surface area contributed by atoms with Crippen LogP contribution < -0.4 is 15.4 Å². The van der Waals surface area contributed by atoms with Crippen molar-refractivity contribution in [1.29, 1.82) is 0 Å². The molecule has 0 radical (unpaired) electrons. The Morgan fingerprint density at radius 2 is 2.10 bits per heavy atom. The zero-order chi connectivity index (χ0) is 15.2. The molecule has 110 valence electrons. The summed E-state index contributed by atoms with van der Waals surface area (Å²) in [6.07, 6.45) is 0. The largest absolute Gasteiger partial charge is 0.497 e. The molecule has 21 heavy (non-hydrogen) atoms. The number of methoxy groups -OCH3 is 1. The standard InChI is InChI=1S/C15H14ClFN2O2/c1-21-12-4-2-3-10(7-12)9-18-15(20)19-11-5-6-13(16)14(17)8-11/h2-8H,9H2,1H3,(H2,18,19,20). The highest BCUT2D eigenvalue weighted by Gasteiger charge is 2.05. The van der Waals surface area contributed by atoms with Crippen molar-refractivity contribution in [2.75, 3.05) is 12.4 Å². The first-order chi connectivity index (χ1) is 10.1. The first kappa shape index (κ1) is 15.1. The van der Waals surface area contributed by atoms with Crippen molar-refractivity contribution in [2.24, 2.45) is 0 Å². The summed E-state index contributed by atoms with van der Waals surface area (Å²) in [6.45, 7) is 0.332. The van der Waals surface area contributed by atoms with Gasteiger partial charge in [0.05, 0.1) is 12.1 Å². The number of hydrogen-bond donors (Lipinski definition) is 2. The lowest BCUT2D eigenvalue weighted by molar-refractivity contribution is 0.251. The molecule has 0 unspecified atom stereocenters. The highest BCUT2D eigenvalue weighted by atomic mass is 35.5. The molecule has 0 fully saturated rings. The van der Waals surface area contributed by atoms with Crippen molar-refractivity contribution in [3.8, 4) is 5.75 Å². The number of urea groups is 1. The van der Waals surface area contributed by atoms with Crippen LogP contribution in [0.4, 0.5) is 14.9 Å². The first-order valence-corrected chi connectivity index (χ1v) is 6.59. The van der Waals surface area contributed by atoms with Crippen LogP contribution in [0.15, 0.2) is 42.5 Å². The van der Waals surface area contributed by atoms with E-state index in [-0.39, 0.29) is 5.02 Å². The van der Waals surface area contributed by atoms with Gasteiger partial charge in [0.2, 0.25) is 0 Å². The van der Waals surface area contributed by atoms with Crippen molar-refractivity contribution >= 4 is 23.3 Å². The number of carbonyl (C=O) groups is 1. The summed E-state index contributed by atoms with van der Waals surface area (Å²) < 4.78 is 18.3. The second-order valence-electron chi connectivity index (χ2n) is 4.29. The van der Waals surface area contributed by atoms with E-state index in [0.717, 1.165) is 17.4 Å². The van der Waals surface area contributed by atoms with Crippen LogP contribution in [-0.2, 0) is 6.54 Å². The average molecular weight is 309 g/mol. The summed E-state index contributed by atoms with van der Waals surface area (Å²) in [6, 6.07) is 11.0. The Kier molecular flexibility index (Phi) is 5.00. The monoisotopic (exact) mass is 308 g/mol. The first-order valence-electron chi connectivity index (χ1n) is 6.21. The van der Waals surface area contributed by atoms with Gasteiger partial charge in [0.25, 0.3) is 0 Å². The number of amides is 2. The minimum absolute atomic E-state index is 0.0114. The molecule has 0 saturated heterocycles. The summed E-state index contributed by atoms with van der Waals surface area (Å²) in [4.78, 5) is 11.7. The number of halogens is 2. The van der Waals surface area contributed by atoms with Crippen molar-refractivity contribution in [2.45, 2.75) is 6.54 Å². The Labute approximate surface area is 126 Å². The van der Waals surface area contributed by atoms with Crippen LogP contribution in [0.25, 0.3) is 0 Å². The van der Waals surface area contributed by atoms with E-state index in [1.54, 1.807) is 7.11 Å². The van der Waals surface area contributed by atoms with Gasteiger partial charge >= 0.3 is 6.03 Å². The van der Waals surface area contributed by atoms with Crippen molar-refractivity contribution in [1.82, 2.24) is 5.32 Å². The fourth-order valence-corrected chi connectivity index (χ4v) is 1.83. The SMILES string of the molecule is COc1cccc(CNC(=O)Nc2ccc(Cl)c(F)c2)c1. The summed E-state index contributed by atoms with van der Waals surface area (Å²) in [5.74, 6) is 0.136. The van der Waals surface area contributed by atoms with Gasteiger partial charge in [-0.3, -0.25) is 0 Å². The molecule has 0 aliphatic rings. The highest BCUT2D eigenvalue weighted by Crippen LogP contribution is 2.18. The quantitative estimate of drug-likeness (QED) is 0.902. The third-order valence-electron chi connectivity index (χ3n) is 2.76. The third-order valence-corrected chi connectivity index (χ3v) is 3.07. The molecule has 0 bridgehead atoms. The lowest BCUT2D eigenvalue weighted by Gasteiger charge is -2.09. The van der Waals surface area contributed by atoms with Crippen LogP contribution in [0, 0.1) is 5.82 Å². The fourth-order valence-electron chi connectivity index (χ4n) is 1.71. The Morgan fingerprint density at radius 1 is 1.29 bits per heavy atom. The van der Waals surface area contributed by atoms with Crippen LogP contribution >= 0.6 is 11.6 Å². The van der Waals surface area contributed by atoms with Gasteiger partial charge in [0, 0.05) is 12.2 Å². The summed E-state index contributed by atoms with van der Waals surface area (Å²) in [7, 11) is 1.58. The Morgan fingerprint density at radius 3 is 2.81 bits per heavy atom. The molecule has 0 heterocycles. The summed E-state index contributed by atoms with van der Waals surface area (Å²) >= 11 is 5.57. The molecule has 2 amide bonds. The maximum atomic E-state index is 13.2. The Bertz CT molecular complexity index is 649. The normalized spacial score (nSPS) is 10.0. The molecule has 0 atom stereocenters. The van der Waals surface area contributed by atoms with E-state index in [9.17, 15) is 9.18 Å². The van der Waals surface area contributed by atoms with Crippen molar-refractivity contribution in [3.05, 3.63) is 58.9 Å². The van der Waals surface area contributed by atoms with E-state index in [1.165, 1.54) is 12.1 Å². The number of nitrogens with one attached hydrogen (secondary N) is 2. The Balaban J connectivity index is 1.91. The molecule has 0 saturated carbocycles. The topological polar surface area (TPSA) is 50.4 Å². The molecule has 0 spiro atoms. The predicted octanol–water partition coefficient (Wildman–Crippen LogP) is 3.81. The molecule has 4 nitrogen and oxygen atoms in total. The summed E-state index contributed by atoms with van der Waals surface area (Å²) in [5, 5.41) is 5.21. The van der Waals surface area contributed by atoms with Gasteiger partial charge in [-0.05, 0) is 35.9 Å². The van der Waals surface area contributed by atoms with Gasteiger partial charge in [-0.1, -0.05) is 23.7 Å². The van der Waals surface area contributed by atoms with Crippen molar-refractivity contribution in [3.63, 3.8) is 0 Å². The van der Waals surface area contributed by atoms with Crippen molar-refractivity contribution < 1.29 is 13.9 Å². The summed E-state index contributed by atoms with van der Waals surface area (Å²) in [5.41, 5.74) is 1.23. The van der Waals surface area contributed by atoms with Gasteiger partial charge in [-0.2, -0.15) is 0 Å². The van der Waals surface area contributed by atoms with Gasteiger partial charge < -0.3 is 15.4 Å². The second-order valence-corrected chi connectivity index (χ2v) is 4.70. The molecule has 2 aromatic rings. The van der Waals surface area contributed by atoms with E-state index in [2.05, 4.69) is 10.6 Å². The van der Waals surface area contributed by atoms with Crippen LogP contribution in [-0.4, -0.2) is 13.1 Å². The number of rotatable bonds is 4. The second kappa shape index (κ2) is 6.95. The lowest BCUT2D eigenvalue weighted by atomic mass is 10.2. The number of anilines is 1. The number of carbonyl (C=O) groups excluding carboxylic acids is 1. The highest BCUT2D eigenvalue weighted by molar-refractivity contribution is 6.30. The maximum Gasteiger partial charge on any atom is 0.319 e. The molecular weight excluding hydrogens is 295 g/mol. The smallest absolute Gasteiger partial charge is 0.319 e. The van der Waals surface area contributed by atoms with E-state index >= 15 is 0 Å². The van der Waals surface area contributed by atoms with Crippen LogP contribution in [0.2, 0.25) is 5.02 Å². The molecule has 2 aromatic carbocycles. The minimum Gasteiger partial charge on any atom is -0.497 e. The minimum atomic E-state index is -0.581. The van der Waals surface area contributed by atoms with Crippen LogP contribution in [0.1, 0.15) is 5.56 Å². The fraction of sp³-hybridized carbons (Fsp3) is 0.133. The molecule has 2 rings (SSSR count). The maximum absolute atomic E-state index is 13.2. The van der Waals surface area contributed by atoms with Gasteiger partial charge in [-0.25, -0.2) is 9.18 Å². The lowest BCUT2D eigenvalue weighted by Crippen LogP contribution is -2.28. The van der Waals surface area contributed by atoms with Crippen LogP contribution in [0.5, 0.6) is 5.75 Å². The molecular formula is C15H14ClFN2O2. The number of ether oxygens (including phenoxy) is 1. The zero-order valence-corrected chi connectivity index (χ0v) is 12.1. The number of benzene rings is 2. The predicted molar refractivity (Wildman–Crippen MR) is 80.3 cm³/mol. The zero-order valence-electron chi connectivity index (χ0n) is 11.3. The molecule has 0 aromatic heterocycles.